The minimum atomic E-state index is 0.109. The standard InChI is InChI=1S/C15H13Br/c16-15(14-8-2-1-3-9-14)10-12-6-4-5-7-13(12)11-15/h1-9H,10-11H2. The van der Waals surface area contributed by atoms with Crippen LogP contribution >= 0.6 is 15.9 Å². The van der Waals surface area contributed by atoms with Crippen molar-refractivity contribution in [2.75, 3.05) is 0 Å². The first-order valence-electron chi connectivity index (χ1n) is 5.59. The molecule has 1 aliphatic carbocycles. The molecule has 1 aliphatic rings. The number of benzene rings is 2. The molecule has 0 heterocycles. The third kappa shape index (κ3) is 1.60. The molecule has 0 saturated heterocycles. The van der Waals surface area contributed by atoms with E-state index in [2.05, 4.69) is 70.5 Å². The Hall–Kier alpha value is -1.08. The van der Waals surface area contributed by atoms with Crippen molar-refractivity contribution < 1.29 is 0 Å². The summed E-state index contributed by atoms with van der Waals surface area (Å²) in [6.07, 6.45) is 2.18. The van der Waals surface area contributed by atoms with Crippen molar-refractivity contribution >= 4 is 15.9 Å². The number of hydrogen-bond donors (Lipinski definition) is 0. The molecule has 3 rings (SSSR count). The summed E-state index contributed by atoms with van der Waals surface area (Å²) in [5.74, 6) is 0. The fourth-order valence-electron chi connectivity index (χ4n) is 2.51. The van der Waals surface area contributed by atoms with Crippen LogP contribution in [0.3, 0.4) is 0 Å². The van der Waals surface area contributed by atoms with E-state index in [-0.39, 0.29) is 4.32 Å². The smallest absolute Gasteiger partial charge is 0.0586 e. The highest BCUT2D eigenvalue weighted by atomic mass is 79.9. The van der Waals surface area contributed by atoms with Crippen LogP contribution in [0, 0.1) is 0 Å². The van der Waals surface area contributed by atoms with Gasteiger partial charge in [-0.1, -0.05) is 70.5 Å². The molecule has 0 unspecified atom stereocenters. The quantitative estimate of drug-likeness (QED) is 0.687. The highest BCUT2D eigenvalue weighted by molar-refractivity contribution is 9.09. The van der Waals surface area contributed by atoms with Crippen molar-refractivity contribution in [2.24, 2.45) is 0 Å². The number of fused-ring (bicyclic) bond motifs is 1. The minimum absolute atomic E-state index is 0.109. The molecule has 0 atom stereocenters. The predicted molar refractivity (Wildman–Crippen MR) is 70.9 cm³/mol. The second-order valence-corrected chi connectivity index (χ2v) is 5.97. The van der Waals surface area contributed by atoms with Gasteiger partial charge in [-0.25, -0.2) is 0 Å². The van der Waals surface area contributed by atoms with Crippen LogP contribution < -0.4 is 0 Å². The van der Waals surface area contributed by atoms with E-state index in [4.69, 9.17) is 0 Å². The average Bonchev–Trinajstić information content (AvgIpc) is 2.68. The van der Waals surface area contributed by atoms with Gasteiger partial charge >= 0.3 is 0 Å². The first-order chi connectivity index (χ1) is 7.78. The highest BCUT2D eigenvalue weighted by Gasteiger charge is 2.35. The number of hydrogen-bond acceptors (Lipinski definition) is 0. The zero-order valence-corrected chi connectivity index (χ0v) is 10.6. The third-order valence-corrected chi connectivity index (χ3v) is 4.37. The molecule has 80 valence electrons. The fraction of sp³-hybridized carbons (Fsp3) is 0.200. The van der Waals surface area contributed by atoms with Crippen LogP contribution in [0.15, 0.2) is 54.6 Å². The maximum atomic E-state index is 3.93. The summed E-state index contributed by atoms with van der Waals surface area (Å²) in [7, 11) is 0. The Morgan fingerprint density at radius 3 is 1.81 bits per heavy atom. The van der Waals surface area contributed by atoms with Crippen molar-refractivity contribution in [1.29, 1.82) is 0 Å². The van der Waals surface area contributed by atoms with Crippen molar-refractivity contribution in [3.63, 3.8) is 0 Å². The van der Waals surface area contributed by atoms with Crippen LogP contribution in [0.2, 0.25) is 0 Å². The SMILES string of the molecule is BrC1(c2ccccc2)Cc2ccccc2C1. The summed E-state index contributed by atoms with van der Waals surface area (Å²) in [6, 6.07) is 19.4. The van der Waals surface area contributed by atoms with Crippen molar-refractivity contribution in [3.05, 3.63) is 71.3 Å². The van der Waals surface area contributed by atoms with Gasteiger partial charge in [0.15, 0.2) is 0 Å². The van der Waals surface area contributed by atoms with Crippen molar-refractivity contribution in [2.45, 2.75) is 17.2 Å². The van der Waals surface area contributed by atoms with E-state index >= 15 is 0 Å². The molecule has 0 saturated carbocycles. The number of alkyl halides is 1. The second kappa shape index (κ2) is 3.74. The summed E-state index contributed by atoms with van der Waals surface area (Å²) >= 11 is 3.93. The largest absolute Gasteiger partial charge is 0.0794 e. The molecule has 0 nitrogen and oxygen atoms in total. The van der Waals surface area contributed by atoms with Gasteiger partial charge in [-0.3, -0.25) is 0 Å². The summed E-state index contributed by atoms with van der Waals surface area (Å²) in [6.45, 7) is 0. The zero-order chi connectivity index (χ0) is 11.0. The molecule has 0 N–H and O–H groups in total. The lowest BCUT2D eigenvalue weighted by atomic mass is 9.96. The molecule has 0 aliphatic heterocycles. The lowest BCUT2D eigenvalue weighted by Gasteiger charge is -2.21. The monoisotopic (exact) mass is 272 g/mol. The van der Waals surface area contributed by atoms with Crippen LogP contribution in [0.1, 0.15) is 16.7 Å². The Labute approximate surface area is 104 Å². The minimum Gasteiger partial charge on any atom is -0.0794 e. The highest BCUT2D eigenvalue weighted by Crippen LogP contribution is 2.44. The number of rotatable bonds is 1. The molecule has 2 aromatic carbocycles. The van der Waals surface area contributed by atoms with Gasteiger partial charge in [0, 0.05) is 0 Å². The van der Waals surface area contributed by atoms with E-state index < -0.39 is 0 Å². The molecule has 1 heteroatoms. The molecular formula is C15H13Br. The summed E-state index contributed by atoms with van der Waals surface area (Å²) in [5.41, 5.74) is 4.33. The van der Waals surface area contributed by atoms with Gasteiger partial charge in [-0.15, -0.1) is 0 Å². The fourth-order valence-corrected chi connectivity index (χ4v) is 3.38. The van der Waals surface area contributed by atoms with Gasteiger partial charge in [0.05, 0.1) is 4.32 Å². The summed E-state index contributed by atoms with van der Waals surface area (Å²) in [5, 5.41) is 0. The Morgan fingerprint density at radius 2 is 1.25 bits per heavy atom. The van der Waals surface area contributed by atoms with Crippen LogP contribution in [-0.2, 0) is 17.2 Å². The molecule has 0 aromatic heterocycles. The molecule has 0 fully saturated rings. The lowest BCUT2D eigenvalue weighted by molar-refractivity contribution is 0.686. The second-order valence-electron chi connectivity index (χ2n) is 4.45. The van der Waals surface area contributed by atoms with E-state index in [0.717, 1.165) is 12.8 Å². The van der Waals surface area contributed by atoms with Gasteiger partial charge in [-0.05, 0) is 29.5 Å². The Morgan fingerprint density at radius 1 is 0.750 bits per heavy atom. The van der Waals surface area contributed by atoms with Crippen LogP contribution in [0.5, 0.6) is 0 Å². The van der Waals surface area contributed by atoms with E-state index in [1.54, 1.807) is 0 Å². The average molecular weight is 273 g/mol. The summed E-state index contributed by atoms with van der Waals surface area (Å²) in [4.78, 5) is 0. The summed E-state index contributed by atoms with van der Waals surface area (Å²) < 4.78 is 0.109. The molecular weight excluding hydrogens is 260 g/mol. The molecule has 0 bridgehead atoms. The zero-order valence-electron chi connectivity index (χ0n) is 8.99. The predicted octanol–water partition coefficient (Wildman–Crippen LogP) is 4.08. The van der Waals surface area contributed by atoms with E-state index in [1.807, 2.05) is 0 Å². The Bertz CT molecular complexity index is 477. The van der Waals surface area contributed by atoms with Crippen LogP contribution in [-0.4, -0.2) is 0 Å². The van der Waals surface area contributed by atoms with E-state index in [0.29, 0.717) is 0 Å². The first kappa shape index (κ1) is 10.1. The van der Waals surface area contributed by atoms with E-state index in [1.165, 1.54) is 16.7 Å². The maximum absolute atomic E-state index is 3.93. The molecule has 16 heavy (non-hydrogen) atoms. The molecule has 0 spiro atoms. The van der Waals surface area contributed by atoms with Gasteiger partial charge < -0.3 is 0 Å². The topological polar surface area (TPSA) is 0 Å². The lowest BCUT2D eigenvalue weighted by Crippen LogP contribution is -2.17. The molecule has 2 aromatic rings. The van der Waals surface area contributed by atoms with E-state index in [9.17, 15) is 0 Å². The van der Waals surface area contributed by atoms with Crippen molar-refractivity contribution in [3.8, 4) is 0 Å². The maximum Gasteiger partial charge on any atom is 0.0586 e. The third-order valence-electron chi connectivity index (χ3n) is 3.35. The van der Waals surface area contributed by atoms with Gasteiger partial charge in [-0.2, -0.15) is 0 Å². The molecule has 0 amide bonds. The Kier molecular flexibility index (Phi) is 2.36. The van der Waals surface area contributed by atoms with Crippen LogP contribution in [0.25, 0.3) is 0 Å². The Balaban J connectivity index is 2.01. The first-order valence-corrected chi connectivity index (χ1v) is 6.38. The van der Waals surface area contributed by atoms with Gasteiger partial charge in [0.1, 0.15) is 0 Å². The van der Waals surface area contributed by atoms with Gasteiger partial charge in [0.2, 0.25) is 0 Å². The van der Waals surface area contributed by atoms with Crippen molar-refractivity contribution in [1.82, 2.24) is 0 Å². The normalized spacial score (nSPS) is 17.1. The van der Waals surface area contributed by atoms with Crippen LogP contribution in [0.4, 0.5) is 0 Å². The van der Waals surface area contributed by atoms with Gasteiger partial charge in [0.25, 0.3) is 0 Å². The molecule has 0 radical (unpaired) electrons. The number of halogens is 1.